The van der Waals surface area contributed by atoms with E-state index in [4.69, 9.17) is 9.47 Å². The molecular weight excluding hydrogens is 208 g/mol. The summed E-state index contributed by atoms with van der Waals surface area (Å²) in [5.41, 5.74) is 0. The predicted molar refractivity (Wildman–Crippen MR) is 61.1 cm³/mol. The maximum Gasteiger partial charge on any atom is 0.221 e. The molecule has 0 aliphatic carbocycles. The number of amides is 1. The maximum absolute atomic E-state index is 11.3. The van der Waals surface area contributed by atoms with Crippen LogP contribution in [0, 0.1) is 0 Å². The van der Waals surface area contributed by atoms with Gasteiger partial charge in [0.25, 0.3) is 0 Å². The number of carbonyl (C=O) groups excluding carboxylic acids is 1. The van der Waals surface area contributed by atoms with E-state index in [2.05, 4.69) is 10.6 Å². The molecule has 1 aliphatic rings. The minimum Gasteiger partial charge on any atom is -0.356 e. The lowest BCUT2D eigenvalue weighted by molar-refractivity contribution is -0.137. The van der Waals surface area contributed by atoms with Gasteiger partial charge in [-0.05, 0) is 12.8 Å². The Morgan fingerprint density at radius 1 is 1.44 bits per heavy atom. The van der Waals surface area contributed by atoms with Crippen LogP contribution in [-0.4, -0.2) is 45.0 Å². The van der Waals surface area contributed by atoms with E-state index in [1.54, 1.807) is 0 Å². The molecule has 0 aromatic carbocycles. The molecule has 94 valence electrons. The Bertz CT molecular complexity index is 194. The number of nitrogens with one attached hydrogen (secondary N) is 2. The second kappa shape index (κ2) is 8.50. The molecule has 5 heteroatoms. The normalized spacial score (nSPS) is 20.7. The van der Waals surface area contributed by atoms with Crippen molar-refractivity contribution in [2.24, 2.45) is 0 Å². The Morgan fingerprint density at radius 2 is 2.31 bits per heavy atom. The molecule has 0 bridgehead atoms. The Labute approximate surface area is 96.9 Å². The van der Waals surface area contributed by atoms with Gasteiger partial charge in [-0.2, -0.15) is 0 Å². The lowest BCUT2D eigenvalue weighted by Gasteiger charge is -2.22. The van der Waals surface area contributed by atoms with Crippen LogP contribution in [-0.2, 0) is 14.3 Å². The summed E-state index contributed by atoms with van der Waals surface area (Å²) in [7, 11) is 0. The highest BCUT2D eigenvalue weighted by molar-refractivity contribution is 5.75. The van der Waals surface area contributed by atoms with Crippen LogP contribution in [0.5, 0.6) is 0 Å². The van der Waals surface area contributed by atoms with Gasteiger partial charge in [0, 0.05) is 26.1 Å². The first kappa shape index (κ1) is 13.4. The third-order valence-electron chi connectivity index (χ3n) is 2.44. The van der Waals surface area contributed by atoms with Crippen LogP contribution in [0.25, 0.3) is 0 Å². The number of rotatable bonds is 7. The lowest BCUT2D eigenvalue weighted by atomic mass is 10.2. The number of carbonyl (C=O) groups is 1. The molecule has 0 aromatic rings. The molecule has 1 saturated heterocycles. The number of hydrogen-bond acceptors (Lipinski definition) is 4. The summed E-state index contributed by atoms with van der Waals surface area (Å²) in [6, 6.07) is 0. The summed E-state index contributed by atoms with van der Waals surface area (Å²) in [6.07, 6.45) is 2.67. The smallest absolute Gasteiger partial charge is 0.221 e. The van der Waals surface area contributed by atoms with E-state index in [-0.39, 0.29) is 12.0 Å². The van der Waals surface area contributed by atoms with Gasteiger partial charge in [-0.3, -0.25) is 4.79 Å². The van der Waals surface area contributed by atoms with Gasteiger partial charge in [0.2, 0.25) is 5.91 Å². The first-order valence-electron chi connectivity index (χ1n) is 5.99. The minimum absolute atomic E-state index is 0.113. The van der Waals surface area contributed by atoms with Gasteiger partial charge < -0.3 is 20.1 Å². The Hall–Kier alpha value is -0.650. The Balaban J connectivity index is 1.92. The summed E-state index contributed by atoms with van der Waals surface area (Å²) < 4.78 is 10.4. The topological polar surface area (TPSA) is 59.6 Å². The molecule has 1 fully saturated rings. The SMILES string of the molecule is CCCNC(=O)CCNCC1CCOCO1. The van der Waals surface area contributed by atoms with Crippen molar-refractivity contribution in [1.29, 1.82) is 0 Å². The van der Waals surface area contributed by atoms with Gasteiger partial charge in [0.1, 0.15) is 6.79 Å². The fourth-order valence-corrected chi connectivity index (χ4v) is 1.48. The monoisotopic (exact) mass is 230 g/mol. The predicted octanol–water partition coefficient (Wildman–Crippen LogP) is 0.255. The molecule has 0 saturated carbocycles. The lowest BCUT2D eigenvalue weighted by Crippen LogP contribution is -2.36. The molecule has 0 spiro atoms. The first-order valence-corrected chi connectivity index (χ1v) is 5.99. The van der Waals surface area contributed by atoms with Gasteiger partial charge in [-0.15, -0.1) is 0 Å². The van der Waals surface area contributed by atoms with Crippen molar-refractivity contribution in [1.82, 2.24) is 10.6 Å². The molecule has 5 nitrogen and oxygen atoms in total. The Kier molecular flexibility index (Phi) is 7.12. The van der Waals surface area contributed by atoms with E-state index in [0.29, 0.717) is 19.8 Å². The van der Waals surface area contributed by atoms with Crippen LogP contribution >= 0.6 is 0 Å². The van der Waals surface area contributed by atoms with Crippen LogP contribution in [0.15, 0.2) is 0 Å². The first-order chi connectivity index (χ1) is 7.83. The summed E-state index contributed by atoms with van der Waals surface area (Å²) >= 11 is 0. The standard InChI is InChI=1S/C11H22N2O3/c1-2-5-13-11(14)3-6-12-8-10-4-7-15-9-16-10/h10,12H,2-9H2,1H3,(H,13,14). The second-order valence-electron chi connectivity index (χ2n) is 3.91. The Morgan fingerprint density at radius 3 is 3.00 bits per heavy atom. The van der Waals surface area contributed by atoms with Crippen LogP contribution in [0.3, 0.4) is 0 Å². The molecular formula is C11H22N2O3. The highest BCUT2D eigenvalue weighted by Crippen LogP contribution is 2.04. The molecule has 2 N–H and O–H groups in total. The van der Waals surface area contributed by atoms with Crippen molar-refractivity contribution in [3.05, 3.63) is 0 Å². The summed E-state index contributed by atoms with van der Waals surface area (Å²) in [5.74, 6) is 0.113. The van der Waals surface area contributed by atoms with Gasteiger partial charge in [0.05, 0.1) is 12.7 Å². The van der Waals surface area contributed by atoms with Gasteiger partial charge in [-0.1, -0.05) is 6.92 Å². The molecule has 0 radical (unpaired) electrons. The molecule has 1 amide bonds. The average molecular weight is 230 g/mol. The van der Waals surface area contributed by atoms with Gasteiger partial charge >= 0.3 is 0 Å². The van der Waals surface area contributed by atoms with E-state index >= 15 is 0 Å². The van der Waals surface area contributed by atoms with E-state index in [9.17, 15) is 4.79 Å². The third kappa shape index (κ3) is 6.05. The molecule has 0 aromatic heterocycles. The van der Waals surface area contributed by atoms with Crippen molar-refractivity contribution in [2.75, 3.05) is 33.0 Å². The maximum atomic E-state index is 11.3. The van der Waals surface area contributed by atoms with Crippen LogP contribution in [0.4, 0.5) is 0 Å². The fourth-order valence-electron chi connectivity index (χ4n) is 1.48. The summed E-state index contributed by atoms with van der Waals surface area (Å²) in [6.45, 7) is 5.47. The van der Waals surface area contributed by atoms with Crippen molar-refractivity contribution in [3.8, 4) is 0 Å². The van der Waals surface area contributed by atoms with Crippen LogP contribution in [0.2, 0.25) is 0 Å². The average Bonchev–Trinajstić information content (AvgIpc) is 2.33. The van der Waals surface area contributed by atoms with E-state index in [0.717, 1.165) is 32.5 Å². The van der Waals surface area contributed by atoms with E-state index in [1.165, 1.54) is 0 Å². The van der Waals surface area contributed by atoms with Crippen molar-refractivity contribution in [3.63, 3.8) is 0 Å². The van der Waals surface area contributed by atoms with Crippen LogP contribution in [0.1, 0.15) is 26.2 Å². The van der Waals surface area contributed by atoms with E-state index < -0.39 is 0 Å². The highest BCUT2D eigenvalue weighted by atomic mass is 16.7. The fraction of sp³-hybridized carbons (Fsp3) is 0.909. The molecule has 1 rings (SSSR count). The molecule has 16 heavy (non-hydrogen) atoms. The second-order valence-corrected chi connectivity index (χ2v) is 3.91. The zero-order valence-electron chi connectivity index (χ0n) is 9.96. The quantitative estimate of drug-likeness (QED) is 0.616. The molecule has 1 aliphatic heterocycles. The number of ether oxygens (including phenoxy) is 2. The summed E-state index contributed by atoms with van der Waals surface area (Å²) in [4.78, 5) is 11.3. The van der Waals surface area contributed by atoms with Crippen LogP contribution < -0.4 is 10.6 Å². The van der Waals surface area contributed by atoms with Crippen molar-refractivity contribution < 1.29 is 14.3 Å². The van der Waals surface area contributed by atoms with Crippen molar-refractivity contribution >= 4 is 5.91 Å². The largest absolute Gasteiger partial charge is 0.356 e. The van der Waals surface area contributed by atoms with Gasteiger partial charge in [-0.25, -0.2) is 0 Å². The molecule has 1 unspecified atom stereocenters. The highest BCUT2D eigenvalue weighted by Gasteiger charge is 2.13. The zero-order valence-corrected chi connectivity index (χ0v) is 9.96. The third-order valence-corrected chi connectivity index (χ3v) is 2.44. The van der Waals surface area contributed by atoms with Gasteiger partial charge in [0.15, 0.2) is 0 Å². The minimum atomic E-state index is 0.113. The van der Waals surface area contributed by atoms with Crippen molar-refractivity contribution in [2.45, 2.75) is 32.3 Å². The zero-order chi connectivity index (χ0) is 11.6. The molecule has 1 atom stereocenters. The summed E-state index contributed by atoms with van der Waals surface area (Å²) in [5, 5.41) is 6.06. The number of hydrogen-bond donors (Lipinski definition) is 2. The van der Waals surface area contributed by atoms with E-state index in [1.807, 2.05) is 6.92 Å². The molecule has 1 heterocycles.